The second-order valence-electron chi connectivity index (χ2n) is 3.84. The zero-order valence-corrected chi connectivity index (χ0v) is 8.47. The average molecular weight is 194 g/mol. The molecule has 2 rings (SSSR count). The van der Waals surface area contributed by atoms with Crippen LogP contribution in [0.4, 0.5) is 0 Å². The summed E-state index contributed by atoms with van der Waals surface area (Å²) >= 11 is 0. The summed E-state index contributed by atoms with van der Waals surface area (Å²) in [7, 11) is 0. The molecule has 4 nitrogen and oxygen atoms in total. The van der Waals surface area contributed by atoms with Gasteiger partial charge in [-0.15, -0.1) is 0 Å². The maximum Gasteiger partial charge on any atom is 0.0536 e. The van der Waals surface area contributed by atoms with Crippen LogP contribution >= 0.6 is 0 Å². The SMILES string of the molecule is NCC1CCCN1CCn1cccn1. The van der Waals surface area contributed by atoms with E-state index in [0.29, 0.717) is 6.04 Å². The van der Waals surface area contributed by atoms with Gasteiger partial charge in [0.2, 0.25) is 0 Å². The van der Waals surface area contributed by atoms with Crippen molar-refractivity contribution in [1.29, 1.82) is 0 Å². The van der Waals surface area contributed by atoms with E-state index in [4.69, 9.17) is 5.73 Å². The van der Waals surface area contributed by atoms with Gasteiger partial charge in [-0.05, 0) is 25.5 Å². The summed E-state index contributed by atoms with van der Waals surface area (Å²) < 4.78 is 1.98. The molecule has 0 aromatic carbocycles. The highest BCUT2D eigenvalue weighted by Gasteiger charge is 2.22. The Labute approximate surface area is 84.7 Å². The summed E-state index contributed by atoms with van der Waals surface area (Å²) in [6, 6.07) is 2.57. The summed E-state index contributed by atoms with van der Waals surface area (Å²) in [6.45, 7) is 4.04. The van der Waals surface area contributed by atoms with Crippen molar-refractivity contribution in [3.05, 3.63) is 18.5 Å². The zero-order valence-electron chi connectivity index (χ0n) is 8.47. The van der Waals surface area contributed by atoms with Crippen molar-refractivity contribution in [3.63, 3.8) is 0 Å². The second kappa shape index (κ2) is 4.57. The van der Waals surface area contributed by atoms with Crippen molar-refractivity contribution in [1.82, 2.24) is 14.7 Å². The van der Waals surface area contributed by atoms with Crippen LogP contribution in [0.3, 0.4) is 0 Å². The van der Waals surface area contributed by atoms with Crippen molar-refractivity contribution in [3.8, 4) is 0 Å². The number of aromatic nitrogens is 2. The van der Waals surface area contributed by atoms with Gasteiger partial charge in [-0.25, -0.2) is 0 Å². The normalized spacial score (nSPS) is 23.1. The van der Waals surface area contributed by atoms with Gasteiger partial charge in [0, 0.05) is 31.5 Å². The van der Waals surface area contributed by atoms with Crippen LogP contribution in [-0.2, 0) is 6.54 Å². The quantitative estimate of drug-likeness (QED) is 0.750. The molecule has 0 saturated carbocycles. The number of likely N-dealkylation sites (tertiary alicyclic amines) is 1. The fraction of sp³-hybridized carbons (Fsp3) is 0.700. The van der Waals surface area contributed by atoms with Crippen LogP contribution in [0.15, 0.2) is 18.5 Å². The van der Waals surface area contributed by atoms with Gasteiger partial charge in [0.15, 0.2) is 0 Å². The molecule has 1 unspecified atom stereocenters. The lowest BCUT2D eigenvalue weighted by Gasteiger charge is -2.22. The smallest absolute Gasteiger partial charge is 0.0536 e. The fourth-order valence-corrected chi connectivity index (χ4v) is 2.12. The predicted molar refractivity (Wildman–Crippen MR) is 55.9 cm³/mol. The van der Waals surface area contributed by atoms with Gasteiger partial charge in [-0.3, -0.25) is 9.58 Å². The Morgan fingerprint density at radius 3 is 3.07 bits per heavy atom. The third-order valence-corrected chi connectivity index (χ3v) is 2.95. The molecule has 0 spiro atoms. The molecule has 1 saturated heterocycles. The van der Waals surface area contributed by atoms with Crippen molar-refractivity contribution in [2.24, 2.45) is 5.73 Å². The van der Waals surface area contributed by atoms with Crippen LogP contribution in [0.5, 0.6) is 0 Å². The topological polar surface area (TPSA) is 47.1 Å². The Hall–Kier alpha value is -0.870. The van der Waals surface area contributed by atoms with Gasteiger partial charge in [0.05, 0.1) is 6.54 Å². The minimum absolute atomic E-state index is 0.602. The van der Waals surface area contributed by atoms with E-state index in [2.05, 4.69) is 10.00 Å². The molecule has 78 valence electrons. The minimum atomic E-state index is 0.602. The number of rotatable bonds is 4. The van der Waals surface area contributed by atoms with Gasteiger partial charge in [-0.1, -0.05) is 0 Å². The Kier molecular flexibility index (Phi) is 3.16. The second-order valence-corrected chi connectivity index (χ2v) is 3.84. The Morgan fingerprint density at radius 1 is 1.43 bits per heavy atom. The Balaban J connectivity index is 1.80. The molecule has 1 aromatic heterocycles. The number of nitrogens with zero attached hydrogens (tertiary/aromatic N) is 3. The maximum absolute atomic E-state index is 5.71. The standard InChI is InChI=1S/C10H18N4/c11-9-10-3-1-5-13(10)7-8-14-6-2-4-12-14/h2,4,6,10H,1,3,5,7-9,11H2. The van der Waals surface area contributed by atoms with E-state index >= 15 is 0 Å². The van der Waals surface area contributed by atoms with E-state index in [-0.39, 0.29) is 0 Å². The lowest BCUT2D eigenvalue weighted by Crippen LogP contribution is -2.37. The summed E-state index contributed by atoms with van der Waals surface area (Å²) in [5, 5.41) is 4.19. The molecule has 14 heavy (non-hydrogen) atoms. The van der Waals surface area contributed by atoms with E-state index in [1.807, 2.05) is 23.1 Å². The van der Waals surface area contributed by atoms with E-state index < -0.39 is 0 Å². The molecule has 2 N–H and O–H groups in total. The lowest BCUT2D eigenvalue weighted by atomic mass is 10.2. The molecule has 1 fully saturated rings. The molecule has 1 atom stereocenters. The van der Waals surface area contributed by atoms with E-state index in [1.165, 1.54) is 19.4 Å². The summed E-state index contributed by atoms with van der Waals surface area (Å²) in [6.07, 6.45) is 6.38. The summed E-state index contributed by atoms with van der Waals surface area (Å²) in [5.41, 5.74) is 5.71. The summed E-state index contributed by atoms with van der Waals surface area (Å²) in [5.74, 6) is 0. The van der Waals surface area contributed by atoms with Gasteiger partial charge in [0.25, 0.3) is 0 Å². The molecule has 0 radical (unpaired) electrons. The number of hydrogen-bond acceptors (Lipinski definition) is 3. The summed E-state index contributed by atoms with van der Waals surface area (Å²) in [4.78, 5) is 2.47. The zero-order chi connectivity index (χ0) is 9.80. The molecule has 1 aromatic rings. The minimum Gasteiger partial charge on any atom is -0.329 e. The number of nitrogens with two attached hydrogens (primary N) is 1. The predicted octanol–water partition coefficient (Wildman–Crippen LogP) is 0.306. The lowest BCUT2D eigenvalue weighted by molar-refractivity contribution is 0.244. The molecule has 4 heteroatoms. The third-order valence-electron chi connectivity index (χ3n) is 2.95. The number of hydrogen-bond donors (Lipinski definition) is 1. The van der Waals surface area contributed by atoms with E-state index in [0.717, 1.165) is 19.6 Å². The highest BCUT2D eigenvalue weighted by atomic mass is 15.3. The third kappa shape index (κ3) is 2.13. The van der Waals surface area contributed by atoms with Crippen LogP contribution in [0, 0.1) is 0 Å². The molecule has 0 aliphatic carbocycles. The molecular formula is C10H18N4. The maximum atomic E-state index is 5.71. The van der Waals surface area contributed by atoms with Crippen LogP contribution < -0.4 is 5.73 Å². The Morgan fingerprint density at radius 2 is 2.36 bits per heavy atom. The van der Waals surface area contributed by atoms with Gasteiger partial charge in [-0.2, -0.15) is 5.10 Å². The van der Waals surface area contributed by atoms with Crippen molar-refractivity contribution >= 4 is 0 Å². The first-order chi connectivity index (χ1) is 6.90. The van der Waals surface area contributed by atoms with Gasteiger partial charge in [0.1, 0.15) is 0 Å². The van der Waals surface area contributed by atoms with E-state index in [9.17, 15) is 0 Å². The largest absolute Gasteiger partial charge is 0.329 e. The fourth-order valence-electron chi connectivity index (χ4n) is 2.12. The molecule has 0 bridgehead atoms. The van der Waals surface area contributed by atoms with Gasteiger partial charge >= 0.3 is 0 Å². The molecule has 1 aliphatic heterocycles. The molecule has 1 aliphatic rings. The van der Waals surface area contributed by atoms with Crippen LogP contribution in [0.25, 0.3) is 0 Å². The highest BCUT2D eigenvalue weighted by Crippen LogP contribution is 2.15. The highest BCUT2D eigenvalue weighted by molar-refractivity contribution is 4.81. The Bertz CT molecular complexity index is 257. The van der Waals surface area contributed by atoms with Crippen LogP contribution in [0.1, 0.15) is 12.8 Å². The first-order valence-corrected chi connectivity index (χ1v) is 5.31. The van der Waals surface area contributed by atoms with E-state index in [1.54, 1.807) is 0 Å². The average Bonchev–Trinajstić information content (AvgIpc) is 2.85. The van der Waals surface area contributed by atoms with Crippen molar-refractivity contribution in [2.75, 3.05) is 19.6 Å². The molecule has 0 amide bonds. The first-order valence-electron chi connectivity index (χ1n) is 5.31. The molecule has 2 heterocycles. The molecular weight excluding hydrogens is 176 g/mol. The first kappa shape index (κ1) is 9.68. The monoisotopic (exact) mass is 194 g/mol. The van der Waals surface area contributed by atoms with Crippen molar-refractivity contribution in [2.45, 2.75) is 25.4 Å². The van der Waals surface area contributed by atoms with Crippen molar-refractivity contribution < 1.29 is 0 Å². The van der Waals surface area contributed by atoms with Crippen LogP contribution in [-0.4, -0.2) is 40.4 Å². The van der Waals surface area contributed by atoms with Gasteiger partial charge < -0.3 is 5.73 Å². The van der Waals surface area contributed by atoms with Crippen LogP contribution in [0.2, 0.25) is 0 Å².